The summed E-state index contributed by atoms with van der Waals surface area (Å²) in [6.07, 6.45) is 1.84. The molecule has 0 radical (unpaired) electrons. The van der Waals surface area contributed by atoms with Crippen LogP contribution < -0.4 is 0 Å². The Hall–Kier alpha value is -1.07. The number of benzene rings is 1. The van der Waals surface area contributed by atoms with Crippen LogP contribution in [-0.4, -0.2) is 35.6 Å². The second kappa shape index (κ2) is 5.71. The van der Waals surface area contributed by atoms with Crippen LogP contribution in [0.3, 0.4) is 0 Å². The summed E-state index contributed by atoms with van der Waals surface area (Å²) >= 11 is 3.98. The topological polar surface area (TPSA) is 40.5 Å². The fourth-order valence-electron chi connectivity index (χ4n) is 2.23. The molecule has 18 heavy (non-hydrogen) atoms. The molecule has 0 saturated carbocycles. The molecule has 1 atom stereocenters. The summed E-state index contributed by atoms with van der Waals surface area (Å²) in [5.41, 5.74) is 0.444. The normalized spacial score (nSPS) is 19.9. The van der Waals surface area contributed by atoms with E-state index in [1.54, 1.807) is 4.90 Å². The third-order valence-electron chi connectivity index (χ3n) is 3.26. The Labute approximate surface area is 111 Å². The van der Waals surface area contributed by atoms with Crippen molar-refractivity contribution in [3.8, 4) is 0 Å². The van der Waals surface area contributed by atoms with E-state index in [1.807, 2.05) is 0 Å². The average molecular weight is 269 g/mol. The molecule has 1 aromatic carbocycles. The fraction of sp³-hybridized carbons (Fsp3) is 0.462. The number of carbonyl (C=O) groups excluding carboxylic acids is 1. The minimum absolute atomic E-state index is 0.102. The number of hydrogen-bond acceptors (Lipinski definition) is 3. The van der Waals surface area contributed by atoms with E-state index < -0.39 is 5.82 Å². The van der Waals surface area contributed by atoms with Crippen molar-refractivity contribution >= 4 is 18.5 Å². The number of thiol groups is 1. The van der Waals surface area contributed by atoms with E-state index in [9.17, 15) is 9.18 Å². The summed E-state index contributed by atoms with van der Waals surface area (Å²) < 4.78 is 13.1. The summed E-state index contributed by atoms with van der Waals surface area (Å²) in [6, 6.07) is 4.17. The molecule has 1 fully saturated rings. The molecule has 0 bridgehead atoms. The predicted molar refractivity (Wildman–Crippen MR) is 69.4 cm³/mol. The summed E-state index contributed by atoms with van der Waals surface area (Å²) in [4.78, 5) is 14.1. The third kappa shape index (κ3) is 2.84. The molecule has 3 nitrogen and oxygen atoms in total. The molecule has 1 aliphatic rings. The predicted octanol–water partition coefficient (Wildman–Crippen LogP) is 1.96. The van der Waals surface area contributed by atoms with Gasteiger partial charge in [-0.3, -0.25) is 4.79 Å². The van der Waals surface area contributed by atoms with Crippen molar-refractivity contribution in [3.05, 3.63) is 29.6 Å². The highest BCUT2D eigenvalue weighted by Gasteiger charge is 2.24. The molecule has 1 saturated heterocycles. The number of likely N-dealkylation sites (tertiary alicyclic amines) is 1. The Morgan fingerprint density at radius 1 is 1.56 bits per heavy atom. The van der Waals surface area contributed by atoms with Gasteiger partial charge in [0.25, 0.3) is 5.91 Å². The van der Waals surface area contributed by atoms with Gasteiger partial charge < -0.3 is 10.0 Å². The number of halogens is 1. The molecule has 1 aliphatic heterocycles. The molecule has 0 aromatic heterocycles. The molecule has 1 heterocycles. The SMILES string of the molecule is O=C(c1ccc(F)c(S)c1)N1CCCC(CO)C1. The van der Waals surface area contributed by atoms with Crippen LogP contribution in [0, 0.1) is 11.7 Å². The molecule has 98 valence electrons. The monoisotopic (exact) mass is 269 g/mol. The van der Waals surface area contributed by atoms with Crippen LogP contribution in [0.2, 0.25) is 0 Å². The van der Waals surface area contributed by atoms with Gasteiger partial charge in [-0.1, -0.05) is 0 Å². The molecular formula is C13H16FNO2S. The van der Waals surface area contributed by atoms with Gasteiger partial charge in [0.15, 0.2) is 0 Å². The van der Waals surface area contributed by atoms with Crippen molar-refractivity contribution in [2.75, 3.05) is 19.7 Å². The van der Waals surface area contributed by atoms with E-state index >= 15 is 0 Å². The Morgan fingerprint density at radius 3 is 3.00 bits per heavy atom. The summed E-state index contributed by atoms with van der Waals surface area (Å²) in [6.45, 7) is 1.36. The number of piperidine rings is 1. The molecule has 1 N–H and O–H groups in total. The lowest BCUT2D eigenvalue weighted by atomic mass is 9.98. The van der Waals surface area contributed by atoms with E-state index in [2.05, 4.69) is 12.6 Å². The molecular weight excluding hydrogens is 253 g/mol. The van der Waals surface area contributed by atoms with Gasteiger partial charge in [0.2, 0.25) is 0 Å². The van der Waals surface area contributed by atoms with E-state index in [4.69, 9.17) is 5.11 Å². The Kier molecular flexibility index (Phi) is 4.24. The van der Waals surface area contributed by atoms with Gasteiger partial charge in [-0.15, -0.1) is 12.6 Å². The van der Waals surface area contributed by atoms with Gasteiger partial charge in [0.05, 0.1) is 0 Å². The first-order chi connectivity index (χ1) is 8.61. The molecule has 1 unspecified atom stereocenters. The lowest BCUT2D eigenvalue weighted by Gasteiger charge is -2.32. The standard InChI is InChI=1S/C13H16FNO2S/c14-11-4-3-10(6-12(11)18)13(17)15-5-1-2-9(7-15)8-16/h3-4,6,9,16,18H,1-2,5,7-8H2. The number of aliphatic hydroxyl groups is 1. The minimum Gasteiger partial charge on any atom is -0.396 e. The first-order valence-corrected chi connectivity index (χ1v) is 6.45. The van der Waals surface area contributed by atoms with Crippen molar-refractivity contribution in [1.29, 1.82) is 0 Å². The average Bonchev–Trinajstić information content (AvgIpc) is 2.41. The van der Waals surface area contributed by atoms with Gasteiger partial charge in [-0.25, -0.2) is 4.39 Å². The largest absolute Gasteiger partial charge is 0.396 e. The van der Waals surface area contributed by atoms with Gasteiger partial charge in [-0.05, 0) is 37.0 Å². The maximum atomic E-state index is 13.1. The van der Waals surface area contributed by atoms with E-state index in [-0.39, 0.29) is 23.3 Å². The maximum Gasteiger partial charge on any atom is 0.253 e. The number of amides is 1. The van der Waals surface area contributed by atoms with Crippen LogP contribution in [0.15, 0.2) is 23.1 Å². The van der Waals surface area contributed by atoms with Gasteiger partial charge in [0.1, 0.15) is 5.82 Å². The molecule has 1 aromatic rings. The van der Waals surface area contributed by atoms with Crippen LogP contribution in [0.4, 0.5) is 4.39 Å². The molecule has 1 amide bonds. The second-order valence-corrected chi connectivity index (χ2v) is 5.09. The zero-order valence-electron chi connectivity index (χ0n) is 9.97. The van der Waals surface area contributed by atoms with Crippen molar-refractivity contribution in [3.63, 3.8) is 0 Å². The first-order valence-electron chi connectivity index (χ1n) is 6.00. The lowest BCUT2D eigenvalue weighted by molar-refractivity contribution is 0.0620. The van der Waals surface area contributed by atoms with Gasteiger partial charge in [-0.2, -0.15) is 0 Å². The zero-order chi connectivity index (χ0) is 13.1. The molecule has 2 rings (SSSR count). The minimum atomic E-state index is -0.429. The summed E-state index contributed by atoms with van der Waals surface area (Å²) in [7, 11) is 0. The number of rotatable bonds is 2. The summed E-state index contributed by atoms with van der Waals surface area (Å²) in [5, 5.41) is 9.14. The van der Waals surface area contributed by atoms with E-state index in [0.29, 0.717) is 18.7 Å². The fourth-order valence-corrected chi connectivity index (χ4v) is 2.44. The lowest BCUT2D eigenvalue weighted by Crippen LogP contribution is -2.40. The van der Waals surface area contributed by atoms with E-state index in [0.717, 1.165) is 12.8 Å². The number of hydrogen-bond donors (Lipinski definition) is 2. The van der Waals surface area contributed by atoms with Gasteiger partial charge in [0, 0.05) is 30.2 Å². The number of aliphatic hydroxyl groups excluding tert-OH is 1. The maximum absolute atomic E-state index is 13.1. The second-order valence-electron chi connectivity index (χ2n) is 4.61. The number of carbonyl (C=O) groups is 1. The quantitative estimate of drug-likeness (QED) is 0.806. The Bertz CT molecular complexity index is 453. The smallest absolute Gasteiger partial charge is 0.253 e. The molecule has 0 aliphatic carbocycles. The molecule has 0 spiro atoms. The van der Waals surface area contributed by atoms with Crippen molar-refractivity contribution in [2.45, 2.75) is 17.7 Å². The first kappa shape index (κ1) is 13.4. The highest BCUT2D eigenvalue weighted by Crippen LogP contribution is 2.20. The highest BCUT2D eigenvalue weighted by molar-refractivity contribution is 7.80. The zero-order valence-corrected chi connectivity index (χ0v) is 10.9. The number of nitrogens with zero attached hydrogens (tertiary/aromatic N) is 1. The van der Waals surface area contributed by atoms with E-state index in [1.165, 1.54) is 18.2 Å². The van der Waals surface area contributed by atoms with Crippen LogP contribution in [0.1, 0.15) is 23.2 Å². The van der Waals surface area contributed by atoms with Crippen molar-refractivity contribution in [2.24, 2.45) is 5.92 Å². The Balaban J connectivity index is 2.12. The Morgan fingerprint density at radius 2 is 2.33 bits per heavy atom. The van der Waals surface area contributed by atoms with Crippen molar-refractivity contribution < 1.29 is 14.3 Å². The third-order valence-corrected chi connectivity index (χ3v) is 3.60. The van der Waals surface area contributed by atoms with Crippen LogP contribution >= 0.6 is 12.6 Å². The highest BCUT2D eigenvalue weighted by atomic mass is 32.1. The summed E-state index contributed by atoms with van der Waals surface area (Å²) in [5.74, 6) is -0.399. The van der Waals surface area contributed by atoms with Crippen LogP contribution in [-0.2, 0) is 0 Å². The van der Waals surface area contributed by atoms with Crippen LogP contribution in [0.25, 0.3) is 0 Å². The van der Waals surface area contributed by atoms with Crippen molar-refractivity contribution in [1.82, 2.24) is 4.90 Å². The van der Waals surface area contributed by atoms with Gasteiger partial charge >= 0.3 is 0 Å². The molecule has 5 heteroatoms. The van der Waals surface area contributed by atoms with Crippen LogP contribution in [0.5, 0.6) is 0 Å².